The molecule has 0 radical (unpaired) electrons. The van der Waals surface area contributed by atoms with Crippen molar-refractivity contribution in [3.8, 4) is 0 Å². The normalized spacial score (nSPS) is 18.3. The van der Waals surface area contributed by atoms with Crippen LogP contribution in [0.25, 0.3) is 0 Å². The summed E-state index contributed by atoms with van der Waals surface area (Å²) in [4.78, 5) is 19.7. The van der Waals surface area contributed by atoms with E-state index in [-0.39, 0.29) is 12.0 Å². The summed E-state index contributed by atoms with van der Waals surface area (Å²) >= 11 is 3.65. The van der Waals surface area contributed by atoms with Gasteiger partial charge in [0.15, 0.2) is 6.29 Å². The standard InChI is InChI=1S/C6H12O6.C3H7NO2S/c7-1-3(9)5(11)6(12)4(10)2-8;4-2(1-7)3(5)6/h1,3-6,8-12H,2H2;2,7H,1,4H2,(H,5,6)/t3-,4+,5+,6+;2-/m00/s1. The molecule has 0 aliphatic rings. The highest BCUT2D eigenvalue weighted by Gasteiger charge is 2.29. The van der Waals surface area contributed by atoms with E-state index < -0.39 is 43.0 Å². The molecule has 0 bridgehead atoms. The van der Waals surface area contributed by atoms with Crippen LogP contribution >= 0.6 is 12.6 Å². The number of aldehydes is 1. The number of thiol groups is 1. The molecule has 19 heavy (non-hydrogen) atoms. The van der Waals surface area contributed by atoms with Crippen LogP contribution < -0.4 is 5.73 Å². The minimum atomic E-state index is -1.79. The molecule has 0 aromatic rings. The van der Waals surface area contributed by atoms with Crippen molar-refractivity contribution in [3.63, 3.8) is 0 Å². The van der Waals surface area contributed by atoms with Crippen LogP contribution in [0.5, 0.6) is 0 Å². The zero-order valence-electron chi connectivity index (χ0n) is 9.90. The van der Waals surface area contributed by atoms with Gasteiger partial charge in [0.05, 0.1) is 6.61 Å². The zero-order valence-corrected chi connectivity index (χ0v) is 10.8. The predicted molar refractivity (Wildman–Crippen MR) is 66.6 cm³/mol. The number of hydrogen-bond acceptors (Lipinski definition) is 9. The molecular weight excluding hydrogens is 282 g/mol. The minimum absolute atomic E-state index is 0.0258. The molecule has 114 valence electrons. The quantitative estimate of drug-likeness (QED) is 0.171. The van der Waals surface area contributed by atoms with Gasteiger partial charge in [-0.3, -0.25) is 4.79 Å². The Morgan fingerprint density at radius 2 is 1.68 bits per heavy atom. The third-order valence-corrected chi connectivity index (χ3v) is 2.33. The first-order chi connectivity index (χ1) is 8.72. The summed E-state index contributed by atoms with van der Waals surface area (Å²) in [6.45, 7) is -0.760. The molecule has 0 spiro atoms. The van der Waals surface area contributed by atoms with Crippen LogP contribution in [0.1, 0.15) is 0 Å². The van der Waals surface area contributed by atoms with Crippen LogP contribution in [0.15, 0.2) is 0 Å². The van der Waals surface area contributed by atoms with Gasteiger partial charge in [0, 0.05) is 5.75 Å². The van der Waals surface area contributed by atoms with Crippen LogP contribution in [-0.2, 0) is 9.59 Å². The molecule has 0 rings (SSSR count). The Morgan fingerprint density at radius 1 is 1.21 bits per heavy atom. The van der Waals surface area contributed by atoms with E-state index in [9.17, 15) is 9.59 Å². The number of carbonyl (C=O) groups is 2. The number of aliphatic hydroxyl groups excluding tert-OH is 5. The second kappa shape index (κ2) is 11.1. The summed E-state index contributed by atoms with van der Waals surface area (Å²) in [5.41, 5.74) is 4.94. The Bertz CT molecular complexity index is 267. The highest BCUT2D eigenvalue weighted by Crippen LogP contribution is 2.02. The average Bonchev–Trinajstić information content (AvgIpc) is 2.43. The van der Waals surface area contributed by atoms with Crippen LogP contribution in [0.2, 0.25) is 0 Å². The van der Waals surface area contributed by atoms with E-state index in [0.717, 1.165) is 0 Å². The molecule has 0 unspecified atom stereocenters. The number of carbonyl (C=O) groups excluding carboxylic acids is 1. The fourth-order valence-corrected chi connectivity index (χ4v) is 0.852. The van der Waals surface area contributed by atoms with Gasteiger partial charge < -0.3 is 41.2 Å². The molecule has 0 heterocycles. The fourth-order valence-electron chi connectivity index (χ4n) is 0.696. The first-order valence-electron chi connectivity index (χ1n) is 5.10. The van der Waals surface area contributed by atoms with E-state index in [0.29, 0.717) is 0 Å². The van der Waals surface area contributed by atoms with Gasteiger partial charge >= 0.3 is 5.97 Å². The highest BCUT2D eigenvalue weighted by molar-refractivity contribution is 7.80. The maximum absolute atomic E-state index is 9.90. The molecule has 0 fully saturated rings. The topological polar surface area (TPSA) is 182 Å². The summed E-state index contributed by atoms with van der Waals surface area (Å²) in [5.74, 6) is -0.815. The molecule has 0 aliphatic carbocycles. The number of carboxylic acids is 1. The molecular formula is C9H19NO8S. The third-order valence-electron chi connectivity index (χ3n) is 1.93. The third kappa shape index (κ3) is 8.88. The van der Waals surface area contributed by atoms with E-state index in [1.165, 1.54) is 0 Å². The monoisotopic (exact) mass is 301 g/mol. The van der Waals surface area contributed by atoms with E-state index >= 15 is 0 Å². The lowest BCUT2D eigenvalue weighted by Crippen LogP contribution is -2.46. The summed E-state index contributed by atoms with van der Waals surface area (Å²) in [7, 11) is 0. The first-order valence-corrected chi connectivity index (χ1v) is 5.73. The van der Waals surface area contributed by atoms with Gasteiger partial charge in [-0.1, -0.05) is 0 Å². The van der Waals surface area contributed by atoms with E-state index in [1.54, 1.807) is 0 Å². The Balaban J connectivity index is 0. The SMILES string of the molecule is N[C@@H](CS)C(=O)O.O=C[C@H](O)[C@@H](O)[C@H](O)[C@H](O)CO. The van der Waals surface area contributed by atoms with Gasteiger partial charge in [0.25, 0.3) is 0 Å². The maximum Gasteiger partial charge on any atom is 0.321 e. The van der Waals surface area contributed by atoms with Gasteiger partial charge in [-0.05, 0) is 0 Å². The average molecular weight is 301 g/mol. The van der Waals surface area contributed by atoms with Crippen molar-refractivity contribution in [2.24, 2.45) is 5.73 Å². The van der Waals surface area contributed by atoms with Gasteiger partial charge in [-0.15, -0.1) is 0 Å². The lowest BCUT2D eigenvalue weighted by Gasteiger charge is -2.22. The summed E-state index contributed by atoms with van der Waals surface area (Å²) in [6.07, 6.45) is -6.84. The molecule has 9 nitrogen and oxygen atoms in total. The highest BCUT2D eigenvalue weighted by atomic mass is 32.1. The van der Waals surface area contributed by atoms with Crippen LogP contribution in [0.3, 0.4) is 0 Å². The van der Waals surface area contributed by atoms with E-state index in [1.807, 2.05) is 0 Å². The van der Waals surface area contributed by atoms with E-state index in [2.05, 4.69) is 12.6 Å². The molecule has 0 aliphatic heterocycles. The summed E-state index contributed by atoms with van der Waals surface area (Å²) in [5, 5.41) is 51.5. The smallest absolute Gasteiger partial charge is 0.321 e. The Hall–Kier alpha value is -0.750. The Labute approximate surface area is 114 Å². The fraction of sp³-hybridized carbons (Fsp3) is 0.778. The van der Waals surface area contributed by atoms with Crippen molar-refractivity contribution < 1.29 is 40.2 Å². The zero-order chi connectivity index (χ0) is 15.6. The molecule has 5 atom stereocenters. The Morgan fingerprint density at radius 3 is 1.89 bits per heavy atom. The van der Waals surface area contributed by atoms with Crippen molar-refractivity contribution in [3.05, 3.63) is 0 Å². The second-order valence-electron chi connectivity index (χ2n) is 3.49. The van der Waals surface area contributed by atoms with Crippen molar-refractivity contribution in [1.29, 1.82) is 0 Å². The molecule has 0 aromatic carbocycles. The van der Waals surface area contributed by atoms with Gasteiger partial charge in [0.2, 0.25) is 0 Å². The van der Waals surface area contributed by atoms with Crippen molar-refractivity contribution >= 4 is 24.9 Å². The first kappa shape index (κ1) is 20.6. The number of rotatable bonds is 7. The minimum Gasteiger partial charge on any atom is -0.480 e. The van der Waals surface area contributed by atoms with Gasteiger partial charge in [-0.25, -0.2) is 0 Å². The summed E-state index contributed by atoms with van der Waals surface area (Å²) in [6, 6.07) is -0.816. The lowest BCUT2D eigenvalue weighted by molar-refractivity contribution is -0.138. The molecule has 8 N–H and O–H groups in total. The summed E-state index contributed by atoms with van der Waals surface area (Å²) < 4.78 is 0. The molecule has 0 aromatic heterocycles. The Kier molecular flexibility index (Phi) is 12.0. The number of aliphatic carboxylic acids is 1. The lowest BCUT2D eigenvalue weighted by atomic mass is 10.0. The number of aliphatic hydroxyl groups is 5. The molecule has 0 saturated heterocycles. The van der Waals surface area contributed by atoms with Crippen LogP contribution in [0.4, 0.5) is 0 Å². The molecule has 0 amide bonds. The van der Waals surface area contributed by atoms with Crippen molar-refractivity contribution in [2.45, 2.75) is 30.5 Å². The van der Waals surface area contributed by atoms with Crippen LogP contribution in [-0.4, -0.2) is 85.7 Å². The van der Waals surface area contributed by atoms with Crippen molar-refractivity contribution in [2.75, 3.05) is 12.4 Å². The van der Waals surface area contributed by atoms with Gasteiger partial charge in [0.1, 0.15) is 30.5 Å². The largest absolute Gasteiger partial charge is 0.480 e. The van der Waals surface area contributed by atoms with E-state index in [4.69, 9.17) is 36.4 Å². The number of hydrogen-bond donors (Lipinski definition) is 8. The number of nitrogens with two attached hydrogens (primary N) is 1. The van der Waals surface area contributed by atoms with Crippen LogP contribution in [0, 0.1) is 0 Å². The van der Waals surface area contributed by atoms with Crippen molar-refractivity contribution in [1.82, 2.24) is 0 Å². The molecule has 10 heteroatoms. The van der Waals surface area contributed by atoms with Gasteiger partial charge in [-0.2, -0.15) is 12.6 Å². The molecule has 0 saturated carbocycles. The number of carboxylic acid groups (broad SMARTS) is 1. The second-order valence-corrected chi connectivity index (χ2v) is 3.85. The maximum atomic E-state index is 9.90. The predicted octanol–water partition coefficient (Wildman–Crippen LogP) is -4.05.